The predicted octanol–water partition coefficient (Wildman–Crippen LogP) is 3.12. The highest BCUT2D eigenvalue weighted by Crippen LogP contribution is 2.34. The molecule has 3 aromatic rings. The van der Waals surface area contributed by atoms with Gasteiger partial charge in [0, 0.05) is 24.7 Å². The molecule has 1 N–H and O–H groups in total. The van der Waals surface area contributed by atoms with Crippen molar-refractivity contribution in [2.45, 2.75) is 19.4 Å². The first kappa shape index (κ1) is 14.7. The molecule has 0 fully saturated rings. The van der Waals surface area contributed by atoms with Crippen LogP contribution in [0.1, 0.15) is 27.2 Å². The van der Waals surface area contributed by atoms with Crippen molar-refractivity contribution in [1.29, 1.82) is 0 Å². The normalized spacial score (nSPS) is 12.4. The molecule has 24 heavy (non-hydrogen) atoms. The smallest absolute Gasteiger partial charge is 0.272 e. The zero-order valence-corrected chi connectivity index (χ0v) is 13.6. The second-order valence-corrected chi connectivity index (χ2v) is 6.12. The molecule has 0 saturated carbocycles. The van der Waals surface area contributed by atoms with Gasteiger partial charge in [0.25, 0.3) is 5.91 Å². The van der Waals surface area contributed by atoms with Crippen molar-refractivity contribution < 1.29 is 4.79 Å². The summed E-state index contributed by atoms with van der Waals surface area (Å²) in [4.78, 5) is 12.6. The van der Waals surface area contributed by atoms with Gasteiger partial charge in [-0.3, -0.25) is 9.48 Å². The van der Waals surface area contributed by atoms with Gasteiger partial charge in [0.15, 0.2) is 5.69 Å². The Hall–Kier alpha value is -2.88. The van der Waals surface area contributed by atoms with E-state index in [-0.39, 0.29) is 5.91 Å². The lowest BCUT2D eigenvalue weighted by atomic mass is 9.89. The molecule has 0 spiro atoms. The Balaban J connectivity index is 1.63. The number of carbonyl (C=O) groups is 1. The molecule has 1 aliphatic carbocycles. The number of benzene rings is 2. The second-order valence-electron chi connectivity index (χ2n) is 6.12. The summed E-state index contributed by atoms with van der Waals surface area (Å²) in [6.45, 7) is 0.515. The van der Waals surface area contributed by atoms with Crippen molar-refractivity contribution >= 4 is 5.91 Å². The van der Waals surface area contributed by atoms with Crippen LogP contribution in [0.3, 0.4) is 0 Å². The van der Waals surface area contributed by atoms with Crippen LogP contribution in [0.25, 0.3) is 11.3 Å². The SMILES string of the molecule is Cn1nc(C(=O)NCc2ccccc2)c2c1-c1ccccc1CC2. The lowest BCUT2D eigenvalue weighted by Crippen LogP contribution is -2.24. The van der Waals surface area contributed by atoms with Crippen molar-refractivity contribution in [3.8, 4) is 11.3 Å². The van der Waals surface area contributed by atoms with Gasteiger partial charge in [0.2, 0.25) is 0 Å². The maximum Gasteiger partial charge on any atom is 0.272 e. The molecule has 1 aliphatic rings. The monoisotopic (exact) mass is 317 g/mol. The van der Waals surface area contributed by atoms with Crippen molar-refractivity contribution in [3.05, 3.63) is 77.0 Å². The van der Waals surface area contributed by atoms with Crippen LogP contribution < -0.4 is 5.32 Å². The number of aromatic nitrogens is 2. The average molecular weight is 317 g/mol. The highest BCUT2D eigenvalue weighted by molar-refractivity contribution is 5.96. The molecule has 0 saturated heterocycles. The van der Waals surface area contributed by atoms with Crippen molar-refractivity contribution in [2.75, 3.05) is 0 Å². The number of carbonyl (C=O) groups excluding carboxylic acids is 1. The number of fused-ring (bicyclic) bond motifs is 3. The van der Waals surface area contributed by atoms with E-state index in [4.69, 9.17) is 0 Å². The summed E-state index contributed by atoms with van der Waals surface area (Å²) in [5.41, 5.74) is 6.28. The van der Waals surface area contributed by atoms with E-state index in [0.29, 0.717) is 12.2 Å². The standard InChI is InChI=1S/C20H19N3O/c1-23-19-16-10-6-5-9-15(16)11-12-17(19)18(22-23)20(24)21-13-14-7-3-2-4-8-14/h2-10H,11-13H2,1H3,(H,21,24). The minimum Gasteiger partial charge on any atom is -0.347 e. The molecule has 4 heteroatoms. The Morgan fingerprint density at radius 3 is 2.67 bits per heavy atom. The van der Waals surface area contributed by atoms with Crippen LogP contribution in [0.4, 0.5) is 0 Å². The molecule has 0 aliphatic heterocycles. The molecule has 0 bridgehead atoms. The molecule has 4 nitrogen and oxygen atoms in total. The number of amides is 1. The number of rotatable bonds is 3. The molecule has 1 heterocycles. The first-order chi connectivity index (χ1) is 11.7. The molecule has 0 atom stereocenters. The van der Waals surface area contributed by atoms with Gasteiger partial charge < -0.3 is 5.32 Å². The van der Waals surface area contributed by atoms with Crippen molar-refractivity contribution in [3.63, 3.8) is 0 Å². The summed E-state index contributed by atoms with van der Waals surface area (Å²) in [5.74, 6) is -0.102. The number of hydrogen-bond donors (Lipinski definition) is 1. The predicted molar refractivity (Wildman–Crippen MR) is 93.7 cm³/mol. The van der Waals surface area contributed by atoms with Crippen molar-refractivity contribution in [1.82, 2.24) is 15.1 Å². The van der Waals surface area contributed by atoms with E-state index >= 15 is 0 Å². The Kier molecular flexibility index (Phi) is 3.65. The van der Waals surface area contributed by atoms with E-state index in [0.717, 1.165) is 29.7 Å². The van der Waals surface area contributed by atoms with E-state index in [1.165, 1.54) is 11.1 Å². The van der Waals surface area contributed by atoms with Gasteiger partial charge in [0.05, 0.1) is 5.69 Å². The minimum absolute atomic E-state index is 0.102. The first-order valence-electron chi connectivity index (χ1n) is 8.20. The Labute approximate surface area is 141 Å². The van der Waals surface area contributed by atoms with Crippen LogP contribution in [-0.2, 0) is 26.4 Å². The Morgan fingerprint density at radius 1 is 1.08 bits per heavy atom. The molecule has 2 aromatic carbocycles. The number of aryl methyl sites for hydroxylation is 2. The number of nitrogens with one attached hydrogen (secondary N) is 1. The van der Waals surface area contributed by atoms with Gasteiger partial charge >= 0.3 is 0 Å². The lowest BCUT2D eigenvalue weighted by molar-refractivity contribution is 0.0944. The summed E-state index contributed by atoms with van der Waals surface area (Å²) in [7, 11) is 1.91. The Morgan fingerprint density at radius 2 is 1.83 bits per heavy atom. The highest BCUT2D eigenvalue weighted by Gasteiger charge is 2.26. The van der Waals surface area contributed by atoms with Crippen LogP contribution >= 0.6 is 0 Å². The van der Waals surface area contributed by atoms with E-state index in [1.54, 1.807) is 0 Å². The average Bonchev–Trinajstić information content (AvgIpc) is 2.98. The maximum atomic E-state index is 12.6. The third kappa shape index (κ3) is 2.50. The molecular formula is C20H19N3O. The fourth-order valence-electron chi connectivity index (χ4n) is 3.41. The molecule has 0 unspecified atom stereocenters. The van der Waals surface area contributed by atoms with Crippen LogP contribution in [0.15, 0.2) is 54.6 Å². The van der Waals surface area contributed by atoms with Crippen LogP contribution in [-0.4, -0.2) is 15.7 Å². The minimum atomic E-state index is -0.102. The number of hydrogen-bond acceptors (Lipinski definition) is 2. The fraction of sp³-hybridized carbons (Fsp3) is 0.200. The zero-order chi connectivity index (χ0) is 16.5. The quantitative estimate of drug-likeness (QED) is 0.807. The van der Waals surface area contributed by atoms with Gasteiger partial charge in [-0.1, -0.05) is 54.6 Å². The summed E-state index contributed by atoms with van der Waals surface area (Å²) < 4.78 is 1.84. The van der Waals surface area contributed by atoms with Gasteiger partial charge in [-0.25, -0.2) is 0 Å². The van der Waals surface area contributed by atoms with Gasteiger partial charge in [-0.2, -0.15) is 5.10 Å². The largest absolute Gasteiger partial charge is 0.347 e. The summed E-state index contributed by atoms with van der Waals surface area (Å²) in [6.07, 6.45) is 1.81. The first-order valence-corrected chi connectivity index (χ1v) is 8.20. The topological polar surface area (TPSA) is 46.9 Å². The molecule has 0 radical (unpaired) electrons. The van der Waals surface area contributed by atoms with Crippen molar-refractivity contribution in [2.24, 2.45) is 7.05 Å². The maximum absolute atomic E-state index is 12.6. The fourth-order valence-corrected chi connectivity index (χ4v) is 3.41. The van der Waals surface area contributed by atoms with Gasteiger partial charge in [-0.05, 0) is 24.0 Å². The summed E-state index contributed by atoms with van der Waals surface area (Å²) in [5, 5.41) is 7.50. The molecule has 1 amide bonds. The van der Waals surface area contributed by atoms with Crippen LogP contribution in [0.2, 0.25) is 0 Å². The molecule has 1 aromatic heterocycles. The second kappa shape index (κ2) is 5.96. The summed E-state index contributed by atoms with van der Waals surface area (Å²) in [6, 6.07) is 18.3. The van der Waals surface area contributed by atoms with Gasteiger partial charge in [0.1, 0.15) is 0 Å². The zero-order valence-electron chi connectivity index (χ0n) is 13.6. The van der Waals surface area contributed by atoms with Gasteiger partial charge in [-0.15, -0.1) is 0 Å². The lowest BCUT2D eigenvalue weighted by Gasteiger charge is -2.17. The third-order valence-corrected chi connectivity index (χ3v) is 4.57. The molecule has 120 valence electrons. The summed E-state index contributed by atoms with van der Waals surface area (Å²) >= 11 is 0. The van der Waals surface area contributed by atoms with Crippen LogP contribution in [0, 0.1) is 0 Å². The highest BCUT2D eigenvalue weighted by atomic mass is 16.1. The Bertz CT molecular complexity index is 897. The molecular weight excluding hydrogens is 298 g/mol. The number of nitrogens with zero attached hydrogens (tertiary/aromatic N) is 2. The molecule has 4 rings (SSSR count). The van der Waals surface area contributed by atoms with E-state index in [9.17, 15) is 4.79 Å². The third-order valence-electron chi connectivity index (χ3n) is 4.57. The van der Waals surface area contributed by atoms with E-state index < -0.39 is 0 Å². The van der Waals surface area contributed by atoms with Crippen LogP contribution in [0.5, 0.6) is 0 Å². The van der Waals surface area contributed by atoms with E-state index in [2.05, 4.69) is 28.6 Å². The van der Waals surface area contributed by atoms with E-state index in [1.807, 2.05) is 48.1 Å².